The van der Waals surface area contributed by atoms with Crippen LogP contribution in [-0.2, 0) is 10.0 Å². The van der Waals surface area contributed by atoms with E-state index in [4.69, 9.17) is 12.2 Å². The fraction of sp³-hybridized carbons (Fsp3) is 0.611. The van der Waals surface area contributed by atoms with E-state index < -0.39 is 14.9 Å². The maximum Gasteiger partial charge on any atom is 0.269 e. The van der Waals surface area contributed by atoms with Crippen molar-refractivity contribution < 1.29 is 13.3 Å². The molecule has 0 amide bonds. The number of rotatable bonds is 4. The minimum Gasteiger partial charge on any atom is -0.360 e. The average Bonchev–Trinajstić information content (AvgIpc) is 3.31. The summed E-state index contributed by atoms with van der Waals surface area (Å²) in [5.41, 5.74) is -0.124. The third kappa shape index (κ3) is 3.72. The first kappa shape index (κ1) is 19.5. The number of non-ortho nitro benzene ring substituents is 1. The summed E-state index contributed by atoms with van der Waals surface area (Å²) in [6.45, 7) is 1.77. The van der Waals surface area contributed by atoms with Crippen molar-refractivity contribution in [3.05, 3.63) is 34.4 Å². The van der Waals surface area contributed by atoms with Crippen LogP contribution in [0.15, 0.2) is 29.2 Å². The van der Waals surface area contributed by atoms with Gasteiger partial charge in [0.2, 0.25) is 10.0 Å². The van der Waals surface area contributed by atoms with E-state index in [-0.39, 0.29) is 10.6 Å². The number of fused-ring (bicyclic) bond motifs is 2. The molecule has 0 unspecified atom stereocenters. The predicted molar refractivity (Wildman–Crippen MR) is 108 cm³/mol. The zero-order valence-corrected chi connectivity index (χ0v) is 17.1. The first-order valence-electron chi connectivity index (χ1n) is 9.64. The fourth-order valence-electron chi connectivity index (χ4n) is 4.69. The number of nitro groups is 1. The Morgan fingerprint density at radius 1 is 1.11 bits per heavy atom. The van der Waals surface area contributed by atoms with Crippen LogP contribution in [0.1, 0.15) is 25.7 Å². The third-order valence-corrected chi connectivity index (χ3v) is 8.55. The van der Waals surface area contributed by atoms with E-state index in [0.717, 1.165) is 16.9 Å². The molecule has 1 saturated heterocycles. The van der Waals surface area contributed by atoms with Crippen LogP contribution in [0.3, 0.4) is 0 Å². The SMILES string of the molecule is O=[N+]([O-])c1ccc(S(=O)(=O)N2CCN(C(=S)N[C@@H]3C[C@H]4CC[C@@H]3C4)CC2)cc1. The van der Waals surface area contributed by atoms with Gasteiger partial charge in [-0.3, -0.25) is 10.1 Å². The van der Waals surface area contributed by atoms with Crippen molar-refractivity contribution in [2.75, 3.05) is 26.2 Å². The number of nitro benzene ring substituents is 1. The van der Waals surface area contributed by atoms with E-state index >= 15 is 0 Å². The smallest absolute Gasteiger partial charge is 0.269 e. The number of benzene rings is 1. The summed E-state index contributed by atoms with van der Waals surface area (Å²) in [5, 5.41) is 15.0. The minimum atomic E-state index is -3.66. The predicted octanol–water partition coefficient (Wildman–Crippen LogP) is 1.96. The lowest BCUT2D eigenvalue weighted by Crippen LogP contribution is -2.54. The zero-order valence-electron chi connectivity index (χ0n) is 15.5. The van der Waals surface area contributed by atoms with Gasteiger partial charge in [-0.2, -0.15) is 4.31 Å². The van der Waals surface area contributed by atoms with Gasteiger partial charge in [0.25, 0.3) is 5.69 Å². The summed E-state index contributed by atoms with van der Waals surface area (Å²) in [6.07, 6.45) is 5.13. The number of hydrogen-bond acceptors (Lipinski definition) is 5. The number of sulfonamides is 1. The highest BCUT2D eigenvalue weighted by Crippen LogP contribution is 2.44. The molecule has 10 heteroatoms. The van der Waals surface area contributed by atoms with Gasteiger partial charge in [0.1, 0.15) is 0 Å². The molecule has 0 aromatic heterocycles. The van der Waals surface area contributed by atoms with Crippen molar-refractivity contribution in [3.8, 4) is 0 Å². The molecule has 1 heterocycles. The van der Waals surface area contributed by atoms with Gasteiger partial charge in [-0.25, -0.2) is 8.42 Å². The summed E-state index contributed by atoms with van der Waals surface area (Å²) in [7, 11) is -3.66. The van der Waals surface area contributed by atoms with Crippen LogP contribution in [-0.4, -0.2) is 59.9 Å². The molecule has 0 spiro atoms. The molecule has 4 rings (SSSR count). The zero-order chi connectivity index (χ0) is 19.9. The van der Waals surface area contributed by atoms with Crippen LogP contribution in [0.25, 0.3) is 0 Å². The van der Waals surface area contributed by atoms with E-state index in [2.05, 4.69) is 5.32 Å². The van der Waals surface area contributed by atoms with Gasteiger partial charge in [0, 0.05) is 44.4 Å². The van der Waals surface area contributed by atoms with Gasteiger partial charge in [0.15, 0.2) is 5.11 Å². The number of nitrogens with zero attached hydrogens (tertiary/aromatic N) is 3. The van der Waals surface area contributed by atoms with Gasteiger partial charge in [0.05, 0.1) is 9.82 Å². The second-order valence-electron chi connectivity index (χ2n) is 7.87. The quantitative estimate of drug-likeness (QED) is 0.448. The third-order valence-electron chi connectivity index (χ3n) is 6.26. The lowest BCUT2D eigenvalue weighted by molar-refractivity contribution is -0.384. The van der Waals surface area contributed by atoms with Crippen LogP contribution in [0.4, 0.5) is 5.69 Å². The number of nitrogens with one attached hydrogen (secondary N) is 1. The molecule has 1 N–H and O–H groups in total. The Hall–Kier alpha value is -1.78. The first-order chi connectivity index (χ1) is 13.3. The van der Waals surface area contributed by atoms with Crippen molar-refractivity contribution in [3.63, 3.8) is 0 Å². The van der Waals surface area contributed by atoms with Gasteiger partial charge >= 0.3 is 0 Å². The Bertz CT molecular complexity index is 866. The van der Waals surface area contributed by atoms with E-state index in [0.29, 0.717) is 32.2 Å². The van der Waals surface area contributed by atoms with Crippen molar-refractivity contribution in [1.82, 2.24) is 14.5 Å². The fourth-order valence-corrected chi connectivity index (χ4v) is 6.45. The van der Waals surface area contributed by atoms with Crippen LogP contribution in [0, 0.1) is 22.0 Å². The van der Waals surface area contributed by atoms with Crippen LogP contribution in [0.5, 0.6) is 0 Å². The van der Waals surface area contributed by atoms with E-state index in [1.54, 1.807) is 0 Å². The van der Waals surface area contributed by atoms with Crippen LogP contribution < -0.4 is 5.32 Å². The number of piperazine rings is 1. The van der Waals surface area contributed by atoms with E-state index in [1.807, 2.05) is 4.90 Å². The molecule has 8 nitrogen and oxygen atoms in total. The summed E-state index contributed by atoms with van der Waals surface area (Å²) >= 11 is 5.57. The molecule has 28 heavy (non-hydrogen) atoms. The van der Waals surface area contributed by atoms with Gasteiger partial charge in [-0.1, -0.05) is 6.42 Å². The van der Waals surface area contributed by atoms with Gasteiger partial charge in [-0.05, 0) is 55.4 Å². The Kier molecular flexibility index (Phi) is 5.28. The van der Waals surface area contributed by atoms with Crippen LogP contribution >= 0.6 is 12.2 Å². The monoisotopic (exact) mass is 424 g/mol. The molecular weight excluding hydrogens is 400 g/mol. The Labute approximate surface area is 170 Å². The van der Waals surface area contributed by atoms with Crippen molar-refractivity contribution >= 4 is 33.0 Å². The Morgan fingerprint density at radius 2 is 1.79 bits per heavy atom. The normalized spacial score (nSPS) is 27.7. The average molecular weight is 425 g/mol. The van der Waals surface area contributed by atoms with Crippen molar-refractivity contribution in [1.29, 1.82) is 0 Å². The second kappa shape index (κ2) is 7.57. The molecule has 3 fully saturated rings. The van der Waals surface area contributed by atoms with E-state index in [1.165, 1.54) is 54.3 Å². The summed E-state index contributed by atoms with van der Waals surface area (Å²) in [6, 6.07) is 5.49. The molecule has 0 radical (unpaired) electrons. The molecule has 152 valence electrons. The summed E-state index contributed by atoms with van der Waals surface area (Å²) < 4.78 is 27.0. The highest BCUT2D eigenvalue weighted by atomic mass is 32.2. The standard InChI is InChI=1S/C18H24N4O4S2/c23-22(24)15-3-5-16(6-4-15)28(25,26)21-9-7-20(8-10-21)18(27)19-17-12-13-1-2-14(17)11-13/h3-6,13-14,17H,1-2,7-12H2,(H,19,27)/t13-,14+,17+/m0/s1. The number of thiocarbonyl (C=S) groups is 1. The van der Waals surface area contributed by atoms with E-state index in [9.17, 15) is 18.5 Å². The molecule has 1 aliphatic heterocycles. The topological polar surface area (TPSA) is 95.8 Å². The molecular formula is C18H24N4O4S2. The highest BCUT2D eigenvalue weighted by molar-refractivity contribution is 7.89. The molecule has 2 bridgehead atoms. The van der Waals surface area contributed by atoms with Crippen LogP contribution in [0.2, 0.25) is 0 Å². The first-order valence-corrected chi connectivity index (χ1v) is 11.5. The molecule has 1 aromatic carbocycles. The second-order valence-corrected chi connectivity index (χ2v) is 10.2. The van der Waals surface area contributed by atoms with Crippen molar-refractivity contribution in [2.24, 2.45) is 11.8 Å². The Balaban J connectivity index is 1.34. The largest absolute Gasteiger partial charge is 0.360 e. The van der Waals surface area contributed by atoms with Gasteiger partial charge in [-0.15, -0.1) is 0 Å². The maximum absolute atomic E-state index is 12.8. The molecule has 2 aliphatic carbocycles. The summed E-state index contributed by atoms with van der Waals surface area (Å²) in [4.78, 5) is 12.3. The van der Waals surface area contributed by atoms with Crippen molar-refractivity contribution in [2.45, 2.75) is 36.6 Å². The molecule has 2 saturated carbocycles. The lowest BCUT2D eigenvalue weighted by atomic mass is 9.95. The Morgan fingerprint density at radius 3 is 2.32 bits per heavy atom. The summed E-state index contributed by atoms with van der Waals surface area (Å²) in [5.74, 6) is 1.57. The molecule has 1 aromatic rings. The molecule has 3 aliphatic rings. The highest BCUT2D eigenvalue weighted by Gasteiger charge is 2.40. The number of hydrogen-bond donors (Lipinski definition) is 1. The molecule has 3 atom stereocenters. The minimum absolute atomic E-state index is 0.0780. The van der Waals surface area contributed by atoms with Gasteiger partial charge < -0.3 is 10.2 Å². The maximum atomic E-state index is 12.8. The lowest BCUT2D eigenvalue weighted by Gasteiger charge is -2.37.